The van der Waals surface area contributed by atoms with Crippen LogP contribution in [-0.2, 0) is 6.42 Å². The highest BCUT2D eigenvalue weighted by Crippen LogP contribution is 2.22. The molecule has 0 radical (unpaired) electrons. The number of rotatable bonds is 6. The molecule has 1 aliphatic rings. The molecule has 0 saturated heterocycles. The van der Waals surface area contributed by atoms with Gasteiger partial charge in [-0.05, 0) is 56.7 Å². The molecule has 1 saturated carbocycles. The highest BCUT2D eigenvalue weighted by Gasteiger charge is 2.23. The van der Waals surface area contributed by atoms with E-state index in [2.05, 4.69) is 27.5 Å². The first-order chi connectivity index (χ1) is 13.4. The SMILES string of the molecule is CCc1ccc(C(=O)N[C@H]2CC[C@@H](Nc3nc(C)cc(N(C)C)n3)CC2)cc1. The fourth-order valence-corrected chi connectivity index (χ4v) is 3.57. The van der Waals surface area contributed by atoms with Gasteiger partial charge < -0.3 is 15.5 Å². The van der Waals surface area contributed by atoms with Crippen molar-refractivity contribution in [1.82, 2.24) is 15.3 Å². The number of benzene rings is 1. The summed E-state index contributed by atoms with van der Waals surface area (Å²) in [5.41, 5.74) is 2.94. The fourth-order valence-electron chi connectivity index (χ4n) is 3.57. The van der Waals surface area contributed by atoms with E-state index >= 15 is 0 Å². The number of nitrogens with zero attached hydrogens (tertiary/aromatic N) is 3. The molecule has 6 nitrogen and oxygen atoms in total. The minimum atomic E-state index is 0.0247. The van der Waals surface area contributed by atoms with Gasteiger partial charge in [-0.15, -0.1) is 0 Å². The second-order valence-corrected chi connectivity index (χ2v) is 7.80. The van der Waals surface area contributed by atoms with Crippen LogP contribution in [0, 0.1) is 6.92 Å². The number of aryl methyl sites for hydroxylation is 2. The Morgan fingerprint density at radius 2 is 1.71 bits per heavy atom. The molecule has 0 unspecified atom stereocenters. The van der Waals surface area contributed by atoms with E-state index in [1.165, 1.54) is 5.56 Å². The smallest absolute Gasteiger partial charge is 0.251 e. The van der Waals surface area contributed by atoms with Gasteiger partial charge in [0.1, 0.15) is 5.82 Å². The van der Waals surface area contributed by atoms with Crippen molar-refractivity contribution in [2.24, 2.45) is 0 Å². The van der Waals surface area contributed by atoms with Crippen molar-refractivity contribution in [3.63, 3.8) is 0 Å². The zero-order valence-corrected chi connectivity index (χ0v) is 17.3. The molecule has 28 heavy (non-hydrogen) atoms. The Labute approximate surface area is 167 Å². The Hall–Kier alpha value is -2.63. The zero-order valence-electron chi connectivity index (χ0n) is 17.3. The van der Waals surface area contributed by atoms with Crippen molar-refractivity contribution in [2.45, 2.75) is 58.0 Å². The summed E-state index contributed by atoms with van der Waals surface area (Å²) in [5, 5.41) is 6.66. The van der Waals surface area contributed by atoms with Crippen LogP contribution >= 0.6 is 0 Å². The summed E-state index contributed by atoms with van der Waals surface area (Å²) in [6, 6.07) is 10.4. The molecule has 3 rings (SSSR count). The summed E-state index contributed by atoms with van der Waals surface area (Å²) < 4.78 is 0. The van der Waals surface area contributed by atoms with Crippen molar-refractivity contribution in [3.8, 4) is 0 Å². The van der Waals surface area contributed by atoms with Crippen LogP contribution in [0.4, 0.5) is 11.8 Å². The van der Waals surface area contributed by atoms with E-state index in [1.807, 2.05) is 56.3 Å². The van der Waals surface area contributed by atoms with Gasteiger partial charge in [0.15, 0.2) is 0 Å². The quantitative estimate of drug-likeness (QED) is 0.801. The first-order valence-electron chi connectivity index (χ1n) is 10.1. The normalized spacial score (nSPS) is 19.1. The highest BCUT2D eigenvalue weighted by molar-refractivity contribution is 5.94. The standard InChI is InChI=1S/C22H31N5O/c1-5-16-6-8-17(9-7-16)21(28)24-18-10-12-19(13-11-18)25-22-23-15(2)14-20(26-22)27(3)4/h6-9,14,18-19H,5,10-13H2,1-4H3,(H,24,28)(H,23,25,26)/t18-,19+. The van der Waals surface area contributed by atoms with E-state index in [-0.39, 0.29) is 11.9 Å². The van der Waals surface area contributed by atoms with Gasteiger partial charge in [0.2, 0.25) is 5.95 Å². The Balaban J connectivity index is 1.51. The molecule has 0 spiro atoms. The summed E-state index contributed by atoms with van der Waals surface area (Å²) >= 11 is 0. The topological polar surface area (TPSA) is 70.2 Å². The third-order valence-corrected chi connectivity index (χ3v) is 5.32. The van der Waals surface area contributed by atoms with Gasteiger partial charge in [-0.2, -0.15) is 4.98 Å². The molecule has 1 aromatic carbocycles. The van der Waals surface area contributed by atoms with Crippen molar-refractivity contribution >= 4 is 17.7 Å². The molecule has 2 N–H and O–H groups in total. The number of carbonyl (C=O) groups is 1. The van der Waals surface area contributed by atoms with Gasteiger partial charge in [-0.25, -0.2) is 4.98 Å². The van der Waals surface area contributed by atoms with Gasteiger partial charge in [-0.3, -0.25) is 4.79 Å². The predicted octanol–water partition coefficient (Wildman–Crippen LogP) is 3.57. The monoisotopic (exact) mass is 381 g/mol. The molecular formula is C22H31N5O. The Bertz CT molecular complexity index is 795. The molecule has 2 aromatic rings. The van der Waals surface area contributed by atoms with Gasteiger partial charge in [0, 0.05) is 43.5 Å². The van der Waals surface area contributed by atoms with Gasteiger partial charge in [-0.1, -0.05) is 19.1 Å². The van der Waals surface area contributed by atoms with Crippen molar-refractivity contribution < 1.29 is 4.79 Å². The average Bonchev–Trinajstić information content (AvgIpc) is 2.69. The average molecular weight is 382 g/mol. The molecule has 6 heteroatoms. The largest absolute Gasteiger partial charge is 0.363 e. The maximum Gasteiger partial charge on any atom is 0.251 e. The molecule has 1 amide bonds. The molecule has 0 atom stereocenters. The lowest BCUT2D eigenvalue weighted by Crippen LogP contribution is -2.40. The molecule has 1 fully saturated rings. The number of hydrogen-bond acceptors (Lipinski definition) is 5. The number of amides is 1. The van der Waals surface area contributed by atoms with Crippen LogP contribution in [0.2, 0.25) is 0 Å². The first-order valence-corrected chi connectivity index (χ1v) is 10.1. The van der Waals surface area contributed by atoms with Crippen LogP contribution in [0.1, 0.15) is 54.2 Å². The molecule has 1 aromatic heterocycles. The Morgan fingerprint density at radius 1 is 1.07 bits per heavy atom. The van der Waals surface area contributed by atoms with Crippen LogP contribution in [0.3, 0.4) is 0 Å². The molecular weight excluding hydrogens is 350 g/mol. The van der Waals surface area contributed by atoms with E-state index in [9.17, 15) is 4.79 Å². The fraction of sp³-hybridized carbons (Fsp3) is 0.500. The van der Waals surface area contributed by atoms with E-state index in [1.54, 1.807) is 0 Å². The number of nitrogens with one attached hydrogen (secondary N) is 2. The van der Waals surface area contributed by atoms with Gasteiger partial charge in [0.05, 0.1) is 0 Å². The number of carbonyl (C=O) groups excluding carboxylic acids is 1. The van der Waals surface area contributed by atoms with E-state index < -0.39 is 0 Å². The summed E-state index contributed by atoms with van der Waals surface area (Å²) in [4.78, 5) is 23.6. The highest BCUT2D eigenvalue weighted by atomic mass is 16.1. The number of aromatic nitrogens is 2. The van der Waals surface area contributed by atoms with Crippen molar-refractivity contribution in [1.29, 1.82) is 0 Å². The molecule has 1 heterocycles. The van der Waals surface area contributed by atoms with Crippen molar-refractivity contribution in [3.05, 3.63) is 47.2 Å². The van der Waals surface area contributed by atoms with Crippen LogP contribution in [0.5, 0.6) is 0 Å². The maximum atomic E-state index is 12.5. The van der Waals surface area contributed by atoms with Crippen molar-refractivity contribution in [2.75, 3.05) is 24.3 Å². The molecule has 1 aliphatic carbocycles. The van der Waals surface area contributed by atoms with Crippen LogP contribution in [0.15, 0.2) is 30.3 Å². The second-order valence-electron chi connectivity index (χ2n) is 7.80. The summed E-state index contributed by atoms with van der Waals surface area (Å²) in [7, 11) is 3.96. The van der Waals surface area contributed by atoms with Gasteiger partial charge >= 0.3 is 0 Å². The first kappa shape index (κ1) is 20.1. The lowest BCUT2D eigenvalue weighted by atomic mass is 9.91. The number of hydrogen-bond donors (Lipinski definition) is 2. The minimum Gasteiger partial charge on any atom is -0.363 e. The maximum absolute atomic E-state index is 12.5. The molecule has 0 aliphatic heterocycles. The predicted molar refractivity (Wildman–Crippen MR) is 114 cm³/mol. The third kappa shape index (κ3) is 5.21. The Kier molecular flexibility index (Phi) is 6.49. The summed E-state index contributed by atoms with van der Waals surface area (Å²) in [6.45, 7) is 4.10. The van der Waals surface area contributed by atoms with E-state index in [0.717, 1.165) is 49.2 Å². The molecule has 0 bridgehead atoms. The van der Waals surface area contributed by atoms with Crippen LogP contribution in [0.25, 0.3) is 0 Å². The summed E-state index contributed by atoms with van der Waals surface area (Å²) in [5.74, 6) is 1.62. The lowest BCUT2D eigenvalue weighted by molar-refractivity contribution is 0.0926. The van der Waals surface area contributed by atoms with Gasteiger partial charge in [0.25, 0.3) is 5.91 Å². The minimum absolute atomic E-state index is 0.0247. The van der Waals surface area contributed by atoms with Crippen LogP contribution < -0.4 is 15.5 Å². The summed E-state index contributed by atoms with van der Waals surface area (Å²) in [6.07, 6.45) is 4.90. The third-order valence-electron chi connectivity index (χ3n) is 5.32. The molecule has 150 valence electrons. The van der Waals surface area contributed by atoms with E-state index in [4.69, 9.17) is 0 Å². The Morgan fingerprint density at radius 3 is 2.32 bits per heavy atom. The van der Waals surface area contributed by atoms with Crippen LogP contribution in [-0.4, -0.2) is 42.1 Å². The lowest BCUT2D eigenvalue weighted by Gasteiger charge is -2.30. The second kappa shape index (κ2) is 9.04. The zero-order chi connectivity index (χ0) is 20.1. The van der Waals surface area contributed by atoms with E-state index in [0.29, 0.717) is 12.0 Å². The number of anilines is 2.